The molecule has 0 aliphatic carbocycles. The molecule has 0 spiro atoms. The molecule has 14 heavy (non-hydrogen) atoms. The van der Waals surface area contributed by atoms with Gasteiger partial charge in [0.15, 0.2) is 0 Å². The molecule has 2 aromatic rings. The van der Waals surface area contributed by atoms with Crippen LogP contribution in [0.4, 0.5) is 0 Å². The van der Waals surface area contributed by atoms with E-state index in [4.69, 9.17) is 5.21 Å². The number of benzene rings is 2. The van der Waals surface area contributed by atoms with Crippen molar-refractivity contribution >= 4 is 17.0 Å². The standard InChI is InChI=1S/C12H11NO/c1-9-2-4-11-5-3-10(8-13-14)7-12(11)6-9/h2-8,14H,1H3/b13-8+. The van der Waals surface area contributed by atoms with Gasteiger partial charge in [0.25, 0.3) is 0 Å². The van der Waals surface area contributed by atoms with E-state index in [1.807, 2.05) is 18.2 Å². The quantitative estimate of drug-likeness (QED) is 0.413. The van der Waals surface area contributed by atoms with E-state index in [0.29, 0.717) is 0 Å². The van der Waals surface area contributed by atoms with Crippen LogP contribution >= 0.6 is 0 Å². The normalized spacial score (nSPS) is 11.2. The van der Waals surface area contributed by atoms with Gasteiger partial charge in [-0.2, -0.15) is 0 Å². The number of rotatable bonds is 1. The molecule has 0 aliphatic heterocycles. The SMILES string of the molecule is Cc1ccc2ccc(/C=N/O)cc2c1. The molecule has 0 saturated heterocycles. The largest absolute Gasteiger partial charge is 0.411 e. The van der Waals surface area contributed by atoms with Gasteiger partial charge in [-0.1, -0.05) is 41.1 Å². The van der Waals surface area contributed by atoms with Gasteiger partial charge in [0.1, 0.15) is 0 Å². The molecular weight excluding hydrogens is 174 g/mol. The van der Waals surface area contributed by atoms with E-state index in [1.54, 1.807) is 0 Å². The van der Waals surface area contributed by atoms with Crippen molar-refractivity contribution in [3.63, 3.8) is 0 Å². The van der Waals surface area contributed by atoms with E-state index in [9.17, 15) is 0 Å². The Balaban J connectivity index is 2.63. The summed E-state index contributed by atoms with van der Waals surface area (Å²) in [6.45, 7) is 2.06. The van der Waals surface area contributed by atoms with Crippen LogP contribution in [0, 0.1) is 6.92 Å². The molecule has 0 atom stereocenters. The summed E-state index contributed by atoms with van der Waals surface area (Å²) in [6.07, 6.45) is 1.43. The van der Waals surface area contributed by atoms with E-state index in [1.165, 1.54) is 22.6 Å². The zero-order chi connectivity index (χ0) is 9.97. The van der Waals surface area contributed by atoms with Crippen LogP contribution in [0.2, 0.25) is 0 Å². The third-order valence-corrected chi connectivity index (χ3v) is 2.23. The van der Waals surface area contributed by atoms with Crippen molar-refractivity contribution in [1.82, 2.24) is 0 Å². The number of fused-ring (bicyclic) bond motifs is 1. The van der Waals surface area contributed by atoms with E-state index in [0.717, 1.165) is 5.56 Å². The lowest BCUT2D eigenvalue weighted by atomic mass is 10.1. The highest BCUT2D eigenvalue weighted by molar-refractivity contribution is 5.90. The average Bonchev–Trinajstić information content (AvgIpc) is 2.17. The van der Waals surface area contributed by atoms with E-state index in [-0.39, 0.29) is 0 Å². The van der Waals surface area contributed by atoms with Gasteiger partial charge < -0.3 is 5.21 Å². The van der Waals surface area contributed by atoms with Crippen LogP contribution in [0.15, 0.2) is 41.6 Å². The zero-order valence-electron chi connectivity index (χ0n) is 7.94. The topological polar surface area (TPSA) is 32.6 Å². The molecule has 0 fully saturated rings. The summed E-state index contributed by atoms with van der Waals surface area (Å²) in [5, 5.41) is 13.8. The molecule has 0 aromatic heterocycles. The minimum atomic E-state index is 0.908. The number of aryl methyl sites for hydroxylation is 1. The smallest absolute Gasteiger partial charge is 0.0734 e. The van der Waals surface area contributed by atoms with Crippen molar-refractivity contribution in [3.05, 3.63) is 47.5 Å². The first-order valence-electron chi connectivity index (χ1n) is 4.47. The molecule has 0 aliphatic rings. The van der Waals surface area contributed by atoms with Gasteiger partial charge in [-0.15, -0.1) is 0 Å². The highest BCUT2D eigenvalue weighted by atomic mass is 16.4. The van der Waals surface area contributed by atoms with Crippen LogP contribution in [0.3, 0.4) is 0 Å². The summed E-state index contributed by atoms with van der Waals surface area (Å²) in [5.74, 6) is 0. The van der Waals surface area contributed by atoms with Crippen LogP contribution in [0.25, 0.3) is 10.8 Å². The van der Waals surface area contributed by atoms with Crippen LogP contribution < -0.4 is 0 Å². The van der Waals surface area contributed by atoms with Gasteiger partial charge in [-0.05, 0) is 29.3 Å². The minimum Gasteiger partial charge on any atom is -0.411 e. The average molecular weight is 185 g/mol. The Morgan fingerprint density at radius 1 is 1.07 bits per heavy atom. The highest BCUT2D eigenvalue weighted by Crippen LogP contribution is 2.16. The summed E-state index contributed by atoms with van der Waals surface area (Å²) >= 11 is 0. The van der Waals surface area contributed by atoms with Crippen molar-refractivity contribution in [2.24, 2.45) is 5.16 Å². The third-order valence-electron chi connectivity index (χ3n) is 2.23. The Kier molecular flexibility index (Phi) is 2.19. The van der Waals surface area contributed by atoms with Gasteiger partial charge in [-0.3, -0.25) is 0 Å². The molecule has 0 bridgehead atoms. The summed E-state index contributed by atoms with van der Waals surface area (Å²) < 4.78 is 0. The summed E-state index contributed by atoms with van der Waals surface area (Å²) in [6, 6.07) is 12.2. The second-order valence-corrected chi connectivity index (χ2v) is 3.35. The summed E-state index contributed by atoms with van der Waals surface area (Å²) in [5.41, 5.74) is 2.14. The van der Waals surface area contributed by atoms with E-state index >= 15 is 0 Å². The first kappa shape index (κ1) is 8.75. The van der Waals surface area contributed by atoms with E-state index < -0.39 is 0 Å². The molecule has 0 heterocycles. The maximum absolute atomic E-state index is 8.42. The van der Waals surface area contributed by atoms with Gasteiger partial charge in [-0.25, -0.2) is 0 Å². The fourth-order valence-corrected chi connectivity index (χ4v) is 1.53. The number of nitrogens with zero attached hydrogens (tertiary/aromatic N) is 1. The van der Waals surface area contributed by atoms with Crippen LogP contribution in [0.5, 0.6) is 0 Å². The predicted octanol–water partition coefficient (Wildman–Crippen LogP) is 2.96. The number of oxime groups is 1. The molecule has 0 amide bonds. The summed E-state index contributed by atoms with van der Waals surface area (Å²) in [4.78, 5) is 0. The predicted molar refractivity (Wildman–Crippen MR) is 58.1 cm³/mol. The molecule has 2 heteroatoms. The molecule has 70 valence electrons. The monoisotopic (exact) mass is 185 g/mol. The maximum Gasteiger partial charge on any atom is 0.0734 e. The molecule has 2 aromatic carbocycles. The Labute approximate surface area is 82.5 Å². The first-order chi connectivity index (χ1) is 6.79. The Bertz CT molecular complexity index is 489. The van der Waals surface area contributed by atoms with Crippen LogP contribution in [-0.2, 0) is 0 Å². The van der Waals surface area contributed by atoms with Gasteiger partial charge in [0, 0.05) is 0 Å². The fourth-order valence-electron chi connectivity index (χ4n) is 1.53. The van der Waals surface area contributed by atoms with Crippen molar-refractivity contribution in [2.75, 3.05) is 0 Å². The van der Waals surface area contributed by atoms with E-state index in [2.05, 4.69) is 30.3 Å². The third kappa shape index (κ3) is 1.59. The van der Waals surface area contributed by atoms with Gasteiger partial charge in [0.2, 0.25) is 0 Å². The minimum absolute atomic E-state index is 0.908. The van der Waals surface area contributed by atoms with Crippen molar-refractivity contribution < 1.29 is 5.21 Å². The molecule has 1 N–H and O–H groups in total. The fraction of sp³-hybridized carbons (Fsp3) is 0.0833. The number of hydrogen-bond acceptors (Lipinski definition) is 2. The molecule has 2 rings (SSSR count). The maximum atomic E-state index is 8.42. The second kappa shape index (κ2) is 3.50. The van der Waals surface area contributed by atoms with Gasteiger partial charge >= 0.3 is 0 Å². The molecule has 0 unspecified atom stereocenters. The number of hydrogen-bond donors (Lipinski definition) is 1. The van der Waals surface area contributed by atoms with Crippen molar-refractivity contribution in [2.45, 2.75) is 6.92 Å². The Hall–Kier alpha value is -1.83. The first-order valence-corrected chi connectivity index (χ1v) is 4.47. The Morgan fingerprint density at radius 2 is 1.86 bits per heavy atom. The highest BCUT2D eigenvalue weighted by Gasteiger charge is 1.94. The lowest BCUT2D eigenvalue weighted by Crippen LogP contribution is -1.82. The zero-order valence-corrected chi connectivity index (χ0v) is 7.94. The lowest BCUT2D eigenvalue weighted by molar-refractivity contribution is 0.322. The van der Waals surface area contributed by atoms with Crippen molar-refractivity contribution in [1.29, 1.82) is 0 Å². The van der Waals surface area contributed by atoms with Crippen LogP contribution in [-0.4, -0.2) is 11.4 Å². The second-order valence-electron chi connectivity index (χ2n) is 3.35. The molecule has 0 saturated carbocycles. The molecule has 0 radical (unpaired) electrons. The van der Waals surface area contributed by atoms with Crippen molar-refractivity contribution in [3.8, 4) is 0 Å². The Morgan fingerprint density at radius 3 is 2.64 bits per heavy atom. The lowest BCUT2D eigenvalue weighted by Gasteiger charge is -2.00. The van der Waals surface area contributed by atoms with Gasteiger partial charge in [0.05, 0.1) is 6.21 Å². The van der Waals surface area contributed by atoms with Crippen LogP contribution in [0.1, 0.15) is 11.1 Å². The summed E-state index contributed by atoms with van der Waals surface area (Å²) in [7, 11) is 0. The molecule has 2 nitrogen and oxygen atoms in total. The molecular formula is C12H11NO.